The number of benzene rings is 2. The standard InChI is InChI=1S/C26H23FN2O5S/c1-35(31)17-8-6-15(7-9-17)14-2-4-16(5-3-14)24-18(27)10-19-20(29-24)11-23(28-19)34-22-13-33-25-21(30)12-32-26(22)25/h2-11,21-22,25-26,28,30H,12-13H2,1H3/t21?,22?,25?,26-,35?/m1/s1. The van der Waals surface area contributed by atoms with Gasteiger partial charge in [0.2, 0.25) is 0 Å². The molecule has 0 radical (unpaired) electrons. The number of nitrogens with zero attached hydrogens (tertiary/aromatic N) is 1. The van der Waals surface area contributed by atoms with E-state index in [1.165, 1.54) is 6.07 Å². The molecule has 0 aliphatic carbocycles. The third-order valence-electron chi connectivity index (χ3n) is 6.47. The van der Waals surface area contributed by atoms with Crippen molar-refractivity contribution in [2.45, 2.75) is 29.3 Å². The molecule has 0 saturated carbocycles. The average Bonchev–Trinajstić information content (AvgIpc) is 3.55. The summed E-state index contributed by atoms with van der Waals surface area (Å²) in [6, 6.07) is 18.2. The van der Waals surface area contributed by atoms with E-state index in [9.17, 15) is 13.7 Å². The van der Waals surface area contributed by atoms with E-state index >= 15 is 0 Å². The van der Waals surface area contributed by atoms with Crippen LogP contribution in [-0.2, 0) is 20.3 Å². The Morgan fingerprint density at radius 2 is 1.66 bits per heavy atom. The van der Waals surface area contributed by atoms with Crippen molar-refractivity contribution in [3.63, 3.8) is 0 Å². The highest BCUT2D eigenvalue weighted by molar-refractivity contribution is 7.84. The van der Waals surface area contributed by atoms with Crippen molar-refractivity contribution < 1.29 is 27.9 Å². The lowest BCUT2D eigenvalue weighted by Gasteiger charge is -2.16. The van der Waals surface area contributed by atoms with E-state index in [0.717, 1.165) is 16.0 Å². The van der Waals surface area contributed by atoms with Gasteiger partial charge in [-0.2, -0.15) is 0 Å². The molecular formula is C26H23FN2O5S. The summed E-state index contributed by atoms with van der Waals surface area (Å²) in [6.07, 6.45) is -0.0931. The van der Waals surface area contributed by atoms with Gasteiger partial charge in [-0.05, 0) is 23.3 Å². The minimum Gasteiger partial charge on any atom is -0.470 e. The minimum absolute atomic E-state index is 0.224. The molecule has 2 aromatic heterocycles. The lowest BCUT2D eigenvalue weighted by molar-refractivity contribution is 0.00794. The normalized spacial score (nSPS) is 24.5. The van der Waals surface area contributed by atoms with Gasteiger partial charge >= 0.3 is 0 Å². The number of hydrogen-bond donors (Lipinski definition) is 2. The molecule has 2 saturated heterocycles. The highest BCUT2D eigenvalue weighted by atomic mass is 32.2. The molecule has 2 aromatic carbocycles. The fourth-order valence-corrected chi connectivity index (χ4v) is 5.16. The molecule has 0 bridgehead atoms. The van der Waals surface area contributed by atoms with E-state index in [0.29, 0.717) is 29.1 Å². The molecule has 2 aliphatic rings. The Bertz CT molecular complexity index is 1410. The Labute approximate surface area is 203 Å². The van der Waals surface area contributed by atoms with Crippen LogP contribution in [0.3, 0.4) is 0 Å². The van der Waals surface area contributed by atoms with E-state index in [1.54, 1.807) is 12.3 Å². The van der Waals surface area contributed by atoms with Crippen molar-refractivity contribution in [3.05, 3.63) is 66.5 Å². The Hall–Kier alpha value is -3.11. The molecule has 180 valence electrons. The van der Waals surface area contributed by atoms with E-state index < -0.39 is 22.7 Å². The summed E-state index contributed by atoms with van der Waals surface area (Å²) in [7, 11) is -1.02. The number of hydrogen-bond acceptors (Lipinski definition) is 6. The largest absolute Gasteiger partial charge is 0.470 e. The molecule has 4 aromatic rings. The topological polar surface area (TPSA) is 93.7 Å². The first-order valence-electron chi connectivity index (χ1n) is 11.3. The first-order valence-corrected chi connectivity index (χ1v) is 12.8. The number of H-pyrrole nitrogens is 1. The number of nitrogens with one attached hydrogen (secondary N) is 1. The monoisotopic (exact) mass is 494 g/mol. The van der Waals surface area contributed by atoms with E-state index in [1.807, 2.05) is 48.5 Å². The van der Waals surface area contributed by atoms with E-state index in [-0.39, 0.29) is 30.6 Å². The van der Waals surface area contributed by atoms with Crippen molar-refractivity contribution in [2.24, 2.45) is 0 Å². The maximum Gasteiger partial charge on any atom is 0.193 e. The maximum atomic E-state index is 15.0. The van der Waals surface area contributed by atoms with Crippen molar-refractivity contribution in [1.29, 1.82) is 0 Å². The predicted octanol–water partition coefficient (Wildman–Crippen LogP) is 3.68. The summed E-state index contributed by atoms with van der Waals surface area (Å²) in [5, 5.41) is 9.90. The molecule has 7 nitrogen and oxygen atoms in total. The number of pyridine rings is 1. The zero-order chi connectivity index (χ0) is 24.1. The number of aromatic nitrogens is 2. The lowest BCUT2D eigenvalue weighted by Crippen LogP contribution is -2.34. The average molecular weight is 495 g/mol. The van der Waals surface area contributed by atoms with E-state index in [2.05, 4.69) is 9.97 Å². The van der Waals surface area contributed by atoms with Gasteiger partial charge in [0.1, 0.15) is 24.0 Å². The Morgan fingerprint density at radius 1 is 1.00 bits per heavy atom. The van der Waals surface area contributed by atoms with Crippen molar-refractivity contribution in [1.82, 2.24) is 9.97 Å². The second-order valence-corrected chi connectivity index (χ2v) is 10.1. The number of aromatic amines is 1. The van der Waals surface area contributed by atoms with Crippen LogP contribution in [0, 0.1) is 5.82 Å². The number of aliphatic hydroxyl groups excluding tert-OH is 1. The highest BCUT2D eigenvalue weighted by Crippen LogP contribution is 2.32. The van der Waals surface area contributed by atoms with Crippen LogP contribution in [0.25, 0.3) is 33.4 Å². The Balaban J connectivity index is 1.23. The molecular weight excluding hydrogens is 471 g/mol. The summed E-state index contributed by atoms with van der Waals surface area (Å²) in [5.41, 5.74) is 3.96. The molecule has 35 heavy (non-hydrogen) atoms. The summed E-state index contributed by atoms with van der Waals surface area (Å²) in [4.78, 5) is 8.36. The summed E-state index contributed by atoms with van der Waals surface area (Å²) in [5.74, 6) is -0.00460. The number of aliphatic hydroxyl groups is 1. The van der Waals surface area contributed by atoms with Crippen LogP contribution >= 0.6 is 0 Å². The SMILES string of the molecule is CS(=O)c1ccc(-c2ccc(-c3nc4cc(OC5COC6C(O)CO[C@H]56)[nH]c4cc3F)cc2)cc1. The van der Waals surface area contributed by atoms with Gasteiger partial charge in [0.05, 0.1) is 24.2 Å². The Kier molecular flexibility index (Phi) is 5.64. The predicted molar refractivity (Wildman–Crippen MR) is 129 cm³/mol. The molecule has 2 fully saturated rings. The lowest BCUT2D eigenvalue weighted by atomic mass is 10.0. The van der Waals surface area contributed by atoms with Crippen molar-refractivity contribution >= 4 is 21.8 Å². The molecule has 9 heteroatoms. The van der Waals surface area contributed by atoms with Crippen LogP contribution in [0.5, 0.6) is 5.88 Å². The minimum atomic E-state index is -1.02. The zero-order valence-corrected chi connectivity index (χ0v) is 19.6. The molecule has 6 rings (SSSR count). The molecule has 4 unspecified atom stereocenters. The number of rotatable bonds is 5. The summed E-state index contributed by atoms with van der Waals surface area (Å²) in [6.45, 7) is 0.530. The summed E-state index contributed by atoms with van der Waals surface area (Å²) < 4.78 is 43.8. The third-order valence-corrected chi connectivity index (χ3v) is 7.41. The molecule has 5 atom stereocenters. The van der Waals surface area contributed by atoms with Gasteiger partial charge in [0.25, 0.3) is 0 Å². The van der Waals surface area contributed by atoms with Crippen LogP contribution in [0.15, 0.2) is 65.6 Å². The van der Waals surface area contributed by atoms with Crippen LogP contribution in [0.4, 0.5) is 4.39 Å². The van der Waals surface area contributed by atoms with Crippen LogP contribution in [0.2, 0.25) is 0 Å². The first-order chi connectivity index (χ1) is 17.0. The third kappa shape index (κ3) is 4.14. The van der Waals surface area contributed by atoms with Gasteiger partial charge in [0, 0.05) is 39.6 Å². The fraction of sp³-hybridized carbons (Fsp3) is 0.269. The maximum absolute atomic E-state index is 15.0. The number of fused-ring (bicyclic) bond motifs is 2. The van der Waals surface area contributed by atoms with Gasteiger partial charge in [-0.15, -0.1) is 0 Å². The molecule has 0 spiro atoms. The van der Waals surface area contributed by atoms with Gasteiger partial charge in [-0.3, -0.25) is 4.21 Å². The molecule has 2 aliphatic heterocycles. The van der Waals surface area contributed by atoms with Crippen LogP contribution in [0.1, 0.15) is 0 Å². The summed E-state index contributed by atoms with van der Waals surface area (Å²) >= 11 is 0. The van der Waals surface area contributed by atoms with Crippen molar-refractivity contribution in [2.75, 3.05) is 19.5 Å². The quantitative estimate of drug-likeness (QED) is 0.440. The Morgan fingerprint density at radius 3 is 2.37 bits per heavy atom. The van der Waals surface area contributed by atoms with Crippen molar-refractivity contribution in [3.8, 4) is 28.3 Å². The highest BCUT2D eigenvalue weighted by Gasteiger charge is 2.48. The van der Waals surface area contributed by atoms with Gasteiger partial charge < -0.3 is 24.3 Å². The van der Waals surface area contributed by atoms with Gasteiger partial charge in [-0.1, -0.05) is 36.4 Å². The second kappa shape index (κ2) is 8.83. The van der Waals surface area contributed by atoms with Gasteiger partial charge in [0.15, 0.2) is 17.8 Å². The fourth-order valence-electron chi connectivity index (χ4n) is 4.64. The first kappa shape index (κ1) is 22.4. The van der Waals surface area contributed by atoms with E-state index in [4.69, 9.17) is 14.2 Å². The number of ether oxygens (including phenoxy) is 3. The second-order valence-electron chi connectivity index (χ2n) is 8.76. The van der Waals surface area contributed by atoms with Crippen LogP contribution in [-0.4, -0.2) is 63.2 Å². The zero-order valence-electron chi connectivity index (χ0n) is 18.8. The van der Waals surface area contributed by atoms with Crippen LogP contribution < -0.4 is 4.74 Å². The number of halogens is 1. The smallest absolute Gasteiger partial charge is 0.193 e. The molecule has 2 N–H and O–H groups in total. The molecule has 0 amide bonds. The molecule has 4 heterocycles. The van der Waals surface area contributed by atoms with Gasteiger partial charge in [-0.25, -0.2) is 9.37 Å².